The minimum absolute atomic E-state index is 0.0133. The van der Waals surface area contributed by atoms with Gasteiger partial charge in [0, 0.05) is 24.6 Å². The zero-order valence-electron chi connectivity index (χ0n) is 17.4. The molecule has 0 aliphatic carbocycles. The van der Waals surface area contributed by atoms with Crippen LogP contribution in [0.1, 0.15) is 19.8 Å². The largest absolute Gasteiger partial charge is 0.492 e. The van der Waals surface area contributed by atoms with Crippen molar-refractivity contribution in [1.29, 1.82) is 0 Å². The van der Waals surface area contributed by atoms with Gasteiger partial charge in [-0.15, -0.1) is 10.2 Å². The van der Waals surface area contributed by atoms with Crippen molar-refractivity contribution in [3.8, 4) is 17.0 Å². The van der Waals surface area contributed by atoms with Crippen molar-refractivity contribution in [3.63, 3.8) is 0 Å². The van der Waals surface area contributed by atoms with E-state index in [1.54, 1.807) is 12.1 Å². The summed E-state index contributed by atoms with van der Waals surface area (Å²) in [5.74, 6) is 1.10. The molecule has 0 saturated carbocycles. The Hall–Kier alpha value is -3.48. The van der Waals surface area contributed by atoms with E-state index < -0.39 is 0 Å². The van der Waals surface area contributed by atoms with Gasteiger partial charge in [-0.2, -0.15) is 0 Å². The number of rotatable bonds is 6. The summed E-state index contributed by atoms with van der Waals surface area (Å²) in [4.78, 5) is 14.9. The molecule has 1 fully saturated rings. The van der Waals surface area contributed by atoms with Gasteiger partial charge in [-0.3, -0.25) is 4.79 Å². The monoisotopic (exact) mass is 420 g/mol. The number of nitrogens with zero attached hydrogens (tertiary/aromatic N) is 3. The van der Waals surface area contributed by atoms with Gasteiger partial charge in [-0.05, 0) is 56.2 Å². The number of halogens is 1. The van der Waals surface area contributed by atoms with E-state index in [0.717, 1.165) is 31.7 Å². The molecule has 0 radical (unpaired) electrons. The summed E-state index contributed by atoms with van der Waals surface area (Å²) >= 11 is 0. The van der Waals surface area contributed by atoms with Crippen molar-refractivity contribution in [2.24, 2.45) is 5.92 Å². The number of piperidine rings is 1. The van der Waals surface area contributed by atoms with Crippen molar-refractivity contribution >= 4 is 17.4 Å². The molecule has 7 heteroatoms. The fourth-order valence-corrected chi connectivity index (χ4v) is 3.75. The summed E-state index contributed by atoms with van der Waals surface area (Å²) in [6.07, 6.45) is 1.46. The number of para-hydroxylation sites is 2. The highest BCUT2D eigenvalue weighted by molar-refractivity contribution is 5.94. The lowest BCUT2D eigenvalue weighted by Crippen LogP contribution is -2.38. The first-order valence-corrected chi connectivity index (χ1v) is 10.5. The molecule has 0 unspecified atom stereocenters. The summed E-state index contributed by atoms with van der Waals surface area (Å²) in [5.41, 5.74) is 2.03. The van der Waals surface area contributed by atoms with Gasteiger partial charge in [0.1, 0.15) is 11.6 Å². The molecular formula is C24H25FN4O2. The van der Waals surface area contributed by atoms with Crippen molar-refractivity contribution in [3.05, 3.63) is 66.5 Å². The molecule has 1 saturated heterocycles. The third-order valence-electron chi connectivity index (χ3n) is 5.41. The Morgan fingerprint density at radius 3 is 2.61 bits per heavy atom. The first-order valence-electron chi connectivity index (χ1n) is 10.5. The van der Waals surface area contributed by atoms with Crippen LogP contribution in [0.5, 0.6) is 5.75 Å². The first-order chi connectivity index (χ1) is 15.1. The molecular weight excluding hydrogens is 395 g/mol. The normalized spacial score (nSPS) is 14.3. The van der Waals surface area contributed by atoms with Gasteiger partial charge >= 0.3 is 0 Å². The number of hydrogen-bond acceptors (Lipinski definition) is 5. The lowest BCUT2D eigenvalue weighted by molar-refractivity contribution is -0.120. The van der Waals surface area contributed by atoms with E-state index in [2.05, 4.69) is 20.4 Å². The lowest BCUT2D eigenvalue weighted by atomic mass is 9.95. The summed E-state index contributed by atoms with van der Waals surface area (Å²) in [6.45, 7) is 3.91. The molecule has 1 amide bonds. The molecule has 1 aromatic heterocycles. The Kier molecular flexibility index (Phi) is 6.40. The summed E-state index contributed by atoms with van der Waals surface area (Å²) < 4.78 is 19.0. The first kappa shape index (κ1) is 20.8. The van der Waals surface area contributed by atoms with Gasteiger partial charge in [0.05, 0.1) is 18.0 Å². The SMILES string of the molecule is CCOc1ccccc1NC(=O)C1CCN(c2ccc(-c3cccc(F)c3)nn2)CC1. The number of hydrogen-bond donors (Lipinski definition) is 1. The molecule has 1 N–H and O–H groups in total. The maximum atomic E-state index is 13.4. The third kappa shape index (κ3) is 4.99. The number of carbonyl (C=O) groups is 1. The second kappa shape index (κ2) is 9.55. The van der Waals surface area contributed by atoms with Crippen LogP contribution in [0.25, 0.3) is 11.3 Å². The molecule has 160 valence electrons. The van der Waals surface area contributed by atoms with Crippen LogP contribution in [0.15, 0.2) is 60.7 Å². The maximum Gasteiger partial charge on any atom is 0.227 e. The zero-order chi connectivity index (χ0) is 21.6. The molecule has 1 aliphatic rings. The second-order valence-corrected chi connectivity index (χ2v) is 7.47. The molecule has 3 aromatic rings. The Balaban J connectivity index is 1.35. The van der Waals surface area contributed by atoms with Crippen molar-refractivity contribution < 1.29 is 13.9 Å². The molecule has 0 atom stereocenters. The van der Waals surface area contributed by atoms with Gasteiger partial charge in [-0.1, -0.05) is 24.3 Å². The predicted octanol–water partition coefficient (Wildman–Crippen LogP) is 4.54. The van der Waals surface area contributed by atoms with Crippen LogP contribution in [0.4, 0.5) is 15.9 Å². The number of ether oxygens (including phenoxy) is 1. The Bertz CT molecular complexity index is 1030. The summed E-state index contributed by atoms with van der Waals surface area (Å²) in [7, 11) is 0. The molecule has 6 nitrogen and oxygen atoms in total. The molecule has 0 bridgehead atoms. The highest BCUT2D eigenvalue weighted by atomic mass is 19.1. The quantitative estimate of drug-likeness (QED) is 0.634. The highest BCUT2D eigenvalue weighted by Crippen LogP contribution is 2.27. The molecule has 1 aliphatic heterocycles. The predicted molar refractivity (Wildman–Crippen MR) is 119 cm³/mol. The number of nitrogens with one attached hydrogen (secondary N) is 1. The van der Waals surface area contributed by atoms with Crippen molar-refractivity contribution in [2.75, 3.05) is 29.9 Å². The smallest absolute Gasteiger partial charge is 0.227 e. The van der Waals surface area contributed by atoms with E-state index in [1.165, 1.54) is 12.1 Å². The maximum absolute atomic E-state index is 13.4. The van der Waals surface area contributed by atoms with Gasteiger partial charge in [0.15, 0.2) is 5.82 Å². The fraction of sp³-hybridized carbons (Fsp3) is 0.292. The van der Waals surface area contributed by atoms with E-state index in [-0.39, 0.29) is 17.6 Å². The summed E-state index contributed by atoms with van der Waals surface area (Å²) in [5, 5.41) is 11.6. The van der Waals surface area contributed by atoms with Gasteiger partial charge < -0.3 is 15.0 Å². The minimum atomic E-state index is -0.299. The standard InChI is InChI=1S/C24H25FN4O2/c1-2-31-22-9-4-3-8-21(22)26-24(30)17-12-14-29(15-13-17)23-11-10-20(27-28-23)18-6-5-7-19(25)16-18/h3-11,16-17H,2,12-15H2,1H3,(H,26,30). The number of anilines is 2. The zero-order valence-corrected chi connectivity index (χ0v) is 17.4. The Labute approximate surface area is 181 Å². The fourth-order valence-electron chi connectivity index (χ4n) is 3.75. The number of amides is 1. The Morgan fingerprint density at radius 1 is 1.10 bits per heavy atom. The number of aromatic nitrogens is 2. The van der Waals surface area contributed by atoms with Crippen LogP contribution in [-0.2, 0) is 4.79 Å². The third-order valence-corrected chi connectivity index (χ3v) is 5.41. The van der Waals surface area contributed by atoms with Crippen LogP contribution in [0.3, 0.4) is 0 Å². The topological polar surface area (TPSA) is 67.3 Å². The summed E-state index contributed by atoms with van der Waals surface area (Å²) in [6, 6.07) is 17.5. The average Bonchev–Trinajstić information content (AvgIpc) is 2.81. The van der Waals surface area contributed by atoms with Crippen LogP contribution in [0, 0.1) is 11.7 Å². The van der Waals surface area contributed by atoms with Crippen LogP contribution in [0.2, 0.25) is 0 Å². The number of benzene rings is 2. The highest BCUT2D eigenvalue weighted by Gasteiger charge is 2.26. The van der Waals surface area contributed by atoms with E-state index >= 15 is 0 Å². The van der Waals surface area contributed by atoms with E-state index in [4.69, 9.17) is 4.74 Å². The van der Waals surface area contributed by atoms with E-state index in [1.807, 2.05) is 43.3 Å². The number of carbonyl (C=O) groups excluding carboxylic acids is 1. The molecule has 2 heterocycles. The molecule has 31 heavy (non-hydrogen) atoms. The van der Waals surface area contributed by atoms with Gasteiger partial charge in [-0.25, -0.2) is 4.39 Å². The van der Waals surface area contributed by atoms with Gasteiger partial charge in [0.25, 0.3) is 0 Å². The van der Waals surface area contributed by atoms with Crippen molar-refractivity contribution in [2.45, 2.75) is 19.8 Å². The van der Waals surface area contributed by atoms with Crippen molar-refractivity contribution in [1.82, 2.24) is 10.2 Å². The minimum Gasteiger partial charge on any atom is -0.492 e. The van der Waals surface area contributed by atoms with Crippen LogP contribution >= 0.6 is 0 Å². The van der Waals surface area contributed by atoms with Crippen LogP contribution < -0.4 is 15.0 Å². The molecule has 0 spiro atoms. The molecule has 2 aromatic carbocycles. The Morgan fingerprint density at radius 2 is 1.90 bits per heavy atom. The average molecular weight is 420 g/mol. The van der Waals surface area contributed by atoms with Crippen LogP contribution in [-0.4, -0.2) is 35.8 Å². The molecule has 4 rings (SSSR count). The lowest BCUT2D eigenvalue weighted by Gasteiger charge is -2.32. The van der Waals surface area contributed by atoms with E-state index in [9.17, 15) is 9.18 Å². The second-order valence-electron chi connectivity index (χ2n) is 7.47. The van der Waals surface area contributed by atoms with E-state index in [0.29, 0.717) is 29.3 Å². The van der Waals surface area contributed by atoms with Gasteiger partial charge in [0.2, 0.25) is 5.91 Å².